The molecule has 0 fully saturated rings. The van der Waals surface area contributed by atoms with E-state index < -0.39 is 0 Å². The van der Waals surface area contributed by atoms with Crippen LogP contribution in [-0.4, -0.2) is 25.0 Å². The lowest BCUT2D eigenvalue weighted by molar-refractivity contribution is -0.114. The Hall–Kier alpha value is -1.62. The van der Waals surface area contributed by atoms with E-state index in [2.05, 4.69) is 16.4 Å². The number of nitrogens with zero attached hydrogens (tertiary/aromatic N) is 2. The number of rotatable bonds is 2. The molecular formula is C12H15N3OS. The highest BCUT2D eigenvalue weighted by Gasteiger charge is 2.10. The van der Waals surface area contributed by atoms with Crippen LogP contribution < -0.4 is 10.2 Å². The maximum Gasteiger partial charge on any atom is 0.221 e. The lowest BCUT2D eigenvalue weighted by atomic mass is 10.2. The van der Waals surface area contributed by atoms with Gasteiger partial charge >= 0.3 is 0 Å². The summed E-state index contributed by atoms with van der Waals surface area (Å²) in [5.41, 5.74) is 2.73. The van der Waals surface area contributed by atoms with Gasteiger partial charge in [0.25, 0.3) is 0 Å². The van der Waals surface area contributed by atoms with E-state index in [1.54, 1.807) is 11.3 Å². The highest BCUT2D eigenvalue weighted by molar-refractivity contribution is 7.18. The second-order valence-electron chi connectivity index (χ2n) is 4.15. The molecule has 1 N–H and O–H groups in total. The summed E-state index contributed by atoms with van der Waals surface area (Å²) in [6, 6.07) is 3.99. The third-order valence-electron chi connectivity index (χ3n) is 2.41. The van der Waals surface area contributed by atoms with Crippen LogP contribution in [0.25, 0.3) is 10.2 Å². The van der Waals surface area contributed by atoms with Crippen molar-refractivity contribution in [2.45, 2.75) is 13.8 Å². The summed E-state index contributed by atoms with van der Waals surface area (Å²) >= 11 is 1.66. The minimum atomic E-state index is -0.0700. The maximum absolute atomic E-state index is 11.2. The Labute approximate surface area is 104 Å². The van der Waals surface area contributed by atoms with Crippen LogP contribution in [0.15, 0.2) is 12.1 Å². The van der Waals surface area contributed by atoms with Crippen molar-refractivity contribution in [1.82, 2.24) is 4.98 Å². The first-order valence-electron chi connectivity index (χ1n) is 5.33. The normalized spacial score (nSPS) is 10.6. The zero-order chi connectivity index (χ0) is 12.6. The van der Waals surface area contributed by atoms with Gasteiger partial charge in [-0.1, -0.05) is 0 Å². The summed E-state index contributed by atoms with van der Waals surface area (Å²) in [5, 5.41) is 3.87. The summed E-state index contributed by atoms with van der Waals surface area (Å²) in [6.45, 7) is 3.49. The fraction of sp³-hybridized carbons (Fsp3) is 0.333. The van der Waals surface area contributed by atoms with E-state index in [1.165, 1.54) is 6.92 Å². The predicted molar refractivity (Wildman–Crippen MR) is 73.0 cm³/mol. The van der Waals surface area contributed by atoms with E-state index in [1.807, 2.05) is 32.0 Å². The summed E-state index contributed by atoms with van der Waals surface area (Å²) in [6.07, 6.45) is 0. The number of hydrogen-bond donors (Lipinski definition) is 1. The second-order valence-corrected chi connectivity index (χ2v) is 5.38. The fourth-order valence-corrected chi connectivity index (χ4v) is 2.58. The van der Waals surface area contributed by atoms with Crippen LogP contribution in [-0.2, 0) is 4.79 Å². The van der Waals surface area contributed by atoms with Crippen LogP contribution in [0.4, 0.5) is 11.4 Å². The molecular weight excluding hydrogens is 234 g/mol. The lowest BCUT2D eigenvalue weighted by Gasteiger charge is -2.17. The van der Waals surface area contributed by atoms with Crippen molar-refractivity contribution in [2.75, 3.05) is 24.3 Å². The highest BCUT2D eigenvalue weighted by Crippen LogP contribution is 2.32. The fourth-order valence-electron chi connectivity index (χ4n) is 1.74. The number of aromatic nitrogens is 1. The zero-order valence-corrected chi connectivity index (χ0v) is 11.2. The molecule has 1 aromatic heterocycles. The van der Waals surface area contributed by atoms with Gasteiger partial charge in [-0.15, -0.1) is 11.3 Å². The lowest BCUT2D eigenvalue weighted by Crippen LogP contribution is -2.14. The average Bonchev–Trinajstić information content (AvgIpc) is 2.54. The van der Waals surface area contributed by atoms with Gasteiger partial charge in [-0.05, 0) is 19.1 Å². The summed E-state index contributed by atoms with van der Waals surface area (Å²) in [4.78, 5) is 17.6. The SMILES string of the molecule is CC(=O)Nc1cc2nc(C)sc2cc1N(C)C. The van der Waals surface area contributed by atoms with E-state index in [-0.39, 0.29) is 5.91 Å². The van der Waals surface area contributed by atoms with Crippen molar-refractivity contribution in [3.63, 3.8) is 0 Å². The molecule has 0 aliphatic carbocycles. The number of nitrogens with one attached hydrogen (secondary N) is 1. The number of carbonyl (C=O) groups excluding carboxylic acids is 1. The molecule has 5 heteroatoms. The van der Waals surface area contributed by atoms with E-state index in [4.69, 9.17) is 0 Å². The topological polar surface area (TPSA) is 45.2 Å². The van der Waals surface area contributed by atoms with Gasteiger partial charge in [0.1, 0.15) is 0 Å². The van der Waals surface area contributed by atoms with Crippen molar-refractivity contribution in [2.24, 2.45) is 0 Å². The van der Waals surface area contributed by atoms with Crippen molar-refractivity contribution in [1.29, 1.82) is 0 Å². The van der Waals surface area contributed by atoms with Gasteiger partial charge in [-0.2, -0.15) is 0 Å². The van der Waals surface area contributed by atoms with E-state index in [0.29, 0.717) is 0 Å². The Morgan fingerprint density at radius 3 is 2.71 bits per heavy atom. The standard InChI is InChI=1S/C12H15N3OS/c1-7(16)13-9-5-10-12(17-8(2)14-10)6-11(9)15(3)4/h5-6H,1-4H3,(H,13,16). The molecule has 0 bridgehead atoms. The summed E-state index contributed by atoms with van der Waals surface area (Å²) < 4.78 is 1.14. The minimum Gasteiger partial charge on any atom is -0.376 e. The average molecular weight is 249 g/mol. The quantitative estimate of drug-likeness (QED) is 0.890. The maximum atomic E-state index is 11.2. The monoisotopic (exact) mass is 249 g/mol. The van der Waals surface area contributed by atoms with E-state index >= 15 is 0 Å². The third kappa shape index (κ3) is 2.39. The molecule has 0 aliphatic heterocycles. The Bertz CT molecular complexity index is 574. The molecule has 90 valence electrons. The Kier molecular flexibility index (Phi) is 3.02. The number of amides is 1. The largest absolute Gasteiger partial charge is 0.376 e. The van der Waals surface area contributed by atoms with Crippen LogP contribution in [0, 0.1) is 6.92 Å². The van der Waals surface area contributed by atoms with Gasteiger partial charge in [0.15, 0.2) is 0 Å². The number of benzene rings is 1. The first-order chi connectivity index (χ1) is 7.97. The molecule has 0 spiro atoms. The van der Waals surface area contributed by atoms with Gasteiger partial charge in [0, 0.05) is 21.0 Å². The molecule has 1 aromatic carbocycles. The third-order valence-corrected chi connectivity index (χ3v) is 3.34. The molecule has 0 aliphatic rings. The van der Waals surface area contributed by atoms with Gasteiger partial charge in [-0.3, -0.25) is 4.79 Å². The van der Waals surface area contributed by atoms with E-state index in [9.17, 15) is 4.79 Å². The zero-order valence-electron chi connectivity index (χ0n) is 10.4. The predicted octanol–water partition coefficient (Wildman–Crippen LogP) is 2.63. The Balaban J connectivity index is 2.61. The molecule has 0 unspecified atom stereocenters. The molecule has 17 heavy (non-hydrogen) atoms. The number of carbonyl (C=O) groups is 1. The van der Waals surface area contributed by atoms with Crippen molar-refractivity contribution < 1.29 is 4.79 Å². The molecule has 0 saturated carbocycles. The van der Waals surface area contributed by atoms with Gasteiger partial charge < -0.3 is 10.2 Å². The van der Waals surface area contributed by atoms with Crippen LogP contribution in [0.2, 0.25) is 0 Å². The molecule has 4 nitrogen and oxygen atoms in total. The molecule has 2 rings (SSSR count). The number of fused-ring (bicyclic) bond motifs is 1. The molecule has 1 amide bonds. The second kappa shape index (κ2) is 4.33. The number of aryl methyl sites for hydroxylation is 1. The minimum absolute atomic E-state index is 0.0700. The van der Waals surface area contributed by atoms with Gasteiger partial charge in [-0.25, -0.2) is 4.98 Å². The van der Waals surface area contributed by atoms with Crippen LogP contribution in [0.5, 0.6) is 0 Å². The highest BCUT2D eigenvalue weighted by atomic mass is 32.1. The van der Waals surface area contributed by atoms with Gasteiger partial charge in [0.05, 0.1) is 26.6 Å². The van der Waals surface area contributed by atoms with Crippen LogP contribution >= 0.6 is 11.3 Å². The number of anilines is 2. The number of thiazole rings is 1. The summed E-state index contributed by atoms with van der Waals surface area (Å²) in [5.74, 6) is -0.0700. The number of hydrogen-bond acceptors (Lipinski definition) is 4. The van der Waals surface area contributed by atoms with Gasteiger partial charge in [0.2, 0.25) is 5.91 Å². The van der Waals surface area contributed by atoms with Crippen molar-refractivity contribution in [3.8, 4) is 0 Å². The Morgan fingerprint density at radius 1 is 1.41 bits per heavy atom. The first kappa shape index (κ1) is 11.9. The first-order valence-corrected chi connectivity index (χ1v) is 6.15. The molecule has 2 aromatic rings. The molecule has 1 heterocycles. The van der Waals surface area contributed by atoms with Crippen molar-refractivity contribution >= 4 is 38.8 Å². The molecule has 0 saturated heterocycles. The molecule has 0 radical (unpaired) electrons. The summed E-state index contributed by atoms with van der Waals surface area (Å²) in [7, 11) is 3.92. The molecule has 0 atom stereocenters. The Morgan fingerprint density at radius 2 is 2.12 bits per heavy atom. The van der Waals surface area contributed by atoms with E-state index in [0.717, 1.165) is 26.6 Å². The van der Waals surface area contributed by atoms with Crippen LogP contribution in [0.1, 0.15) is 11.9 Å². The smallest absolute Gasteiger partial charge is 0.221 e. The van der Waals surface area contributed by atoms with Crippen molar-refractivity contribution in [3.05, 3.63) is 17.1 Å². The van der Waals surface area contributed by atoms with Crippen LogP contribution in [0.3, 0.4) is 0 Å².